The topological polar surface area (TPSA) is 76.5 Å². The summed E-state index contributed by atoms with van der Waals surface area (Å²) in [5, 5.41) is 4.79. The minimum Gasteiger partial charge on any atom is -0.480 e. The highest BCUT2D eigenvalue weighted by Crippen LogP contribution is 2.21. The predicted molar refractivity (Wildman–Crippen MR) is 97.6 cm³/mol. The first kappa shape index (κ1) is 16.6. The highest BCUT2D eigenvalue weighted by Gasteiger charge is 2.07. The minimum atomic E-state index is -0.645. The first-order valence-corrected chi connectivity index (χ1v) is 7.62. The summed E-state index contributed by atoms with van der Waals surface area (Å²) in [5.74, 6) is 2.80. The molecule has 1 heterocycles. The van der Waals surface area contributed by atoms with Gasteiger partial charge in [0.15, 0.2) is 0 Å². The van der Waals surface area contributed by atoms with Gasteiger partial charge in [0, 0.05) is 10.6 Å². The normalized spacial score (nSPS) is 10.9. The average molecular weight is 354 g/mol. The SMILES string of the molecule is C#CCOc1ccc(Cl)cc1C=Nn1c(=O)[nH]c2ccccc2c1=O. The van der Waals surface area contributed by atoms with Crippen molar-refractivity contribution >= 4 is 28.7 Å². The van der Waals surface area contributed by atoms with Crippen molar-refractivity contribution in [1.29, 1.82) is 0 Å². The van der Waals surface area contributed by atoms with Crippen LogP contribution in [0.25, 0.3) is 10.9 Å². The van der Waals surface area contributed by atoms with Gasteiger partial charge in [-0.05, 0) is 30.3 Å². The van der Waals surface area contributed by atoms with Crippen LogP contribution in [0.4, 0.5) is 0 Å². The van der Waals surface area contributed by atoms with Crippen LogP contribution in [0.3, 0.4) is 0 Å². The molecule has 6 nitrogen and oxygen atoms in total. The fourth-order valence-electron chi connectivity index (χ4n) is 2.25. The number of ether oxygens (including phenoxy) is 1. The molecule has 0 aliphatic heterocycles. The van der Waals surface area contributed by atoms with E-state index in [1.54, 1.807) is 42.5 Å². The Bertz CT molecular complexity index is 1120. The summed E-state index contributed by atoms with van der Waals surface area (Å²) in [6.07, 6.45) is 6.51. The molecular formula is C18H12ClN3O3. The number of fused-ring (bicyclic) bond motifs is 1. The number of para-hydroxylation sites is 1. The van der Waals surface area contributed by atoms with Gasteiger partial charge in [-0.1, -0.05) is 29.7 Å². The van der Waals surface area contributed by atoms with E-state index in [9.17, 15) is 9.59 Å². The number of benzene rings is 2. The van der Waals surface area contributed by atoms with Crippen molar-refractivity contribution in [3.63, 3.8) is 0 Å². The maximum absolute atomic E-state index is 12.4. The van der Waals surface area contributed by atoms with Gasteiger partial charge in [0.2, 0.25) is 0 Å². The van der Waals surface area contributed by atoms with Crippen LogP contribution in [0, 0.1) is 12.3 Å². The van der Waals surface area contributed by atoms with Crippen LogP contribution in [0.1, 0.15) is 5.56 Å². The molecule has 1 aromatic heterocycles. The van der Waals surface area contributed by atoms with Gasteiger partial charge in [0.25, 0.3) is 5.56 Å². The van der Waals surface area contributed by atoms with Crippen LogP contribution in [-0.2, 0) is 0 Å². The fourth-order valence-corrected chi connectivity index (χ4v) is 2.43. The molecule has 0 saturated carbocycles. The number of nitrogens with zero attached hydrogens (tertiary/aromatic N) is 2. The molecule has 124 valence electrons. The van der Waals surface area contributed by atoms with Gasteiger partial charge in [-0.2, -0.15) is 5.10 Å². The highest BCUT2D eigenvalue weighted by atomic mass is 35.5. The number of hydrogen-bond donors (Lipinski definition) is 1. The number of aromatic amines is 1. The third kappa shape index (κ3) is 3.47. The number of H-pyrrole nitrogens is 1. The van der Waals surface area contributed by atoms with Crippen LogP contribution < -0.4 is 16.0 Å². The fraction of sp³-hybridized carbons (Fsp3) is 0.0556. The highest BCUT2D eigenvalue weighted by molar-refractivity contribution is 6.30. The molecule has 0 radical (unpaired) electrons. The van der Waals surface area contributed by atoms with Crippen LogP contribution in [0.2, 0.25) is 5.02 Å². The second kappa shape index (κ2) is 7.07. The van der Waals surface area contributed by atoms with Gasteiger partial charge >= 0.3 is 5.69 Å². The Morgan fingerprint density at radius 1 is 1.28 bits per heavy atom. The molecule has 3 aromatic rings. The monoisotopic (exact) mass is 353 g/mol. The van der Waals surface area contributed by atoms with E-state index in [4.69, 9.17) is 22.8 Å². The molecule has 0 fully saturated rings. The van der Waals surface area contributed by atoms with Crippen LogP contribution >= 0.6 is 11.6 Å². The van der Waals surface area contributed by atoms with Crippen molar-refractivity contribution in [2.24, 2.45) is 5.10 Å². The lowest BCUT2D eigenvalue weighted by Crippen LogP contribution is -2.32. The zero-order chi connectivity index (χ0) is 17.8. The lowest BCUT2D eigenvalue weighted by molar-refractivity contribution is 0.370. The van der Waals surface area contributed by atoms with Crippen molar-refractivity contribution in [3.05, 3.63) is 73.9 Å². The van der Waals surface area contributed by atoms with Gasteiger partial charge in [-0.3, -0.25) is 4.79 Å². The first-order chi connectivity index (χ1) is 12.1. The van der Waals surface area contributed by atoms with Crippen LogP contribution in [0.15, 0.2) is 57.2 Å². The Morgan fingerprint density at radius 3 is 2.88 bits per heavy atom. The van der Waals surface area contributed by atoms with Gasteiger partial charge in [-0.25, -0.2) is 4.79 Å². The predicted octanol–water partition coefficient (Wildman–Crippen LogP) is 2.24. The van der Waals surface area contributed by atoms with Gasteiger partial charge in [0.1, 0.15) is 12.4 Å². The number of rotatable bonds is 4. The number of halogens is 1. The second-order valence-corrected chi connectivity index (χ2v) is 5.45. The van der Waals surface area contributed by atoms with E-state index in [-0.39, 0.29) is 6.61 Å². The summed E-state index contributed by atoms with van der Waals surface area (Å²) >= 11 is 5.98. The largest absolute Gasteiger partial charge is 0.480 e. The average Bonchev–Trinajstić information content (AvgIpc) is 2.61. The molecule has 3 rings (SSSR count). The molecule has 0 saturated heterocycles. The molecule has 2 aromatic carbocycles. The maximum atomic E-state index is 12.4. The molecule has 0 bridgehead atoms. The minimum absolute atomic E-state index is 0.0684. The zero-order valence-electron chi connectivity index (χ0n) is 12.9. The number of hydrogen-bond acceptors (Lipinski definition) is 4. The lowest BCUT2D eigenvalue weighted by atomic mass is 10.2. The standard InChI is InChI=1S/C18H12ClN3O3/c1-2-9-25-16-8-7-13(19)10-12(16)11-20-22-17(23)14-5-3-4-6-15(14)21-18(22)24/h1,3-8,10-11H,9H2,(H,21,24). The summed E-state index contributed by atoms with van der Waals surface area (Å²) in [7, 11) is 0. The van der Waals surface area contributed by atoms with E-state index < -0.39 is 11.2 Å². The smallest absolute Gasteiger partial charge is 0.349 e. The molecule has 0 aliphatic carbocycles. The molecule has 0 amide bonds. The molecule has 25 heavy (non-hydrogen) atoms. The Morgan fingerprint density at radius 2 is 2.08 bits per heavy atom. The summed E-state index contributed by atoms with van der Waals surface area (Å²) in [6, 6.07) is 11.6. The first-order valence-electron chi connectivity index (χ1n) is 7.24. The van der Waals surface area contributed by atoms with Crippen molar-refractivity contribution < 1.29 is 4.74 Å². The van der Waals surface area contributed by atoms with Gasteiger partial charge < -0.3 is 9.72 Å². The molecular weight excluding hydrogens is 342 g/mol. The van der Waals surface area contributed by atoms with Crippen LogP contribution in [-0.4, -0.2) is 22.5 Å². The van der Waals surface area contributed by atoms with E-state index in [1.807, 2.05) is 0 Å². The quantitative estimate of drug-likeness (QED) is 0.577. The number of aromatic nitrogens is 2. The summed E-state index contributed by atoms with van der Waals surface area (Å²) < 4.78 is 6.15. The third-order valence-corrected chi connectivity index (χ3v) is 3.61. The Labute approximate surface area is 147 Å². The molecule has 0 spiro atoms. The summed E-state index contributed by atoms with van der Waals surface area (Å²) in [6.45, 7) is 0.0684. The molecule has 0 unspecified atom stereocenters. The molecule has 1 N–H and O–H groups in total. The van der Waals surface area contributed by atoms with Crippen molar-refractivity contribution in [3.8, 4) is 18.1 Å². The Balaban J connectivity index is 2.08. The Hall–Kier alpha value is -3.30. The zero-order valence-corrected chi connectivity index (χ0v) is 13.7. The molecule has 0 atom stereocenters. The summed E-state index contributed by atoms with van der Waals surface area (Å²) in [4.78, 5) is 27.2. The maximum Gasteiger partial charge on any atom is 0.349 e. The van der Waals surface area contributed by atoms with E-state index in [0.29, 0.717) is 27.2 Å². The number of terminal acetylenes is 1. The second-order valence-electron chi connectivity index (χ2n) is 5.01. The number of nitrogens with one attached hydrogen (secondary N) is 1. The molecule has 7 heteroatoms. The Kier molecular flexibility index (Phi) is 4.68. The van der Waals surface area contributed by atoms with E-state index in [2.05, 4.69) is 16.0 Å². The van der Waals surface area contributed by atoms with E-state index >= 15 is 0 Å². The summed E-state index contributed by atoms with van der Waals surface area (Å²) in [5.41, 5.74) is -0.233. The third-order valence-electron chi connectivity index (χ3n) is 3.38. The van der Waals surface area contributed by atoms with Crippen LogP contribution in [0.5, 0.6) is 5.75 Å². The van der Waals surface area contributed by atoms with Crippen molar-refractivity contribution in [2.75, 3.05) is 6.61 Å². The van der Waals surface area contributed by atoms with Gasteiger partial charge in [-0.15, -0.1) is 11.1 Å². The van der Waals surface area contributed by atoms with Crippen molar-refractivity contribution in [1.82, 2.24) is 9.66 Å². The van der Waals surface area contributed by atoms with E-state index in [1.165, 1.54) is 6.21 Å². The van der Waals surface area contributed by atoms with Crippen molar-refractivity contribution in [2.45, 2.75) is 0 Å². The lowest BCUT2D eigenvalue weighted by Gasteiger charge is -2.06. The molecule has 0 aliphatic rings. The van der Waals surface area contributed by atoms with Gasteiger partial charge in [0.05, 0.1) is 17.1 Å². The van der Waals surface area contributed by atoms with E-state index in [0.717, 1.165) is 4.68 Å².